The van der Waals surface area contributed by atoms with Crippen molar-refractivity contribution in [1.82, 2.24) is 10.3 Å². The zero-order chi connectivity index (χ0) is 22.5. The van der Waals surface area contributed by atoms with Crippen LogP contribution >= 0.6 is 12.2 Å². The highest BCUT2D eigenvalue weighted by atomic mass is 32.1. The van der Waals surface area contributed by atoms with E-state index < -0.39 is 0 Å². The van der Waals surface area contributed by atoms with Gasteiger partial charge in [-0.05, 0) is 60.3 Å². The van der Waals surface area contributed by atoms with Crippen molar-refractivity contribution in [3.63, 3.8) is 0 Å². The van der Waals surface area contributed by atoms with Crippen molar-refractivity contribution in [3.8, 4) is 0 Å². The average Bonchev–Trinajstić information content (AvgIpc) is 2.89. The molecular formula is C27H30N4OS. The molecule has 2 aromatic carbocycles. The van der Waals surface area contributed by atoms with E-state index >= 15 is 0 Å². The lowest BCUT2D eigenvalue weighted by molar-refractivity contribution is 0.0515. The van der Waals surface area contributed by atoms with Gasteiger partial charge in [0.25, 0.3) is 0 Å². The fourth-order valence-electron chi connectivity index (χ4n) is 4.88. The summed E-state index contributed by atoms with van der Waals surface area (Å²) in [5.41, 5.74) is 5.12. The van der Waals surface area contributed by atoms with Gasteiger partial charge in [0, 0.05) is 38.3 Å². The van der Waals surface area contributed by atoms with Crippen LogP contribution in [0.15, 0.2) is 72.9 Å². The summed E-state index contributed by atoms with van der Waals surface area (Å²) in [6.07, 6.45) is 4.90. The number of benzene rings is 2. The minimum atomic E-state index is 0.0396. The molecule has 0 bridgehead atoms. The van der Waals surface area contributed by atoms with Crippen molar-refractivity contribution in [2.45, 2.75) is 31.2 Å². The molecule has 0 unspecified atom stereocenters. The van der Waals surface area contributed by atoms with Crippen molar-refractivity contribution >= 4 is 28.8 Å². The molecule has 2 N–H and O–H groups in total. The Balaban J connectivity index is 1.19. The Kier molecular flexibility index (Phi) is 6.55. The molecule has 2 aliphatic heterocycles. The van der Waals surface area contributed by atoms with Crippen LogP contribution in [0.3, 0.4) is 0 Å². The van der Waals surface area contributed by atoms with Crippen LogP contribution < -0.4 is 15.5 Å². The summed E-state index contributed by atoms with van der Waals surface area (Å²) in [6.45, 7) is 4.24. The summed E-state index contributed by atoms with van der Waals surface area (Å²) in [4.78, 5) is 7.03. The van der Waals surface area contributed by atoms with E-state index in [9.17, 15) is 0 Å². The molecular weight excluding hydrogens is 428 g/mol. The van der Waals surface area contributed by atoms with E-state index in [2.05, 4.69) is 82.3 Å². The second kappa shape index (κ2) is 9.89. The number of thiocarbonyl (C=S) groups is 1. The first-order valence-corrected chi connectivity index (χ1v) is 12.1. The maximum atomic E-state index is 5.64. The van der Waals surface area contributed by atoms with Gasteiger partial charge in [-0.2, -0.15) is 0 Å². The van der Waals surface area contributed by atoms with Gasteiger partial charge in [0.2, 0.25) is 0 Å². The third-order valence-corrected chi connectivity index (χ3v) is 7.13. The largest absolute Gasteiger partial charge is 0.381 e. The molecule has 170 valence electrons. The normalized spacial score (nSPS) is 17.2. The zero-order valence-corrected chi connectivity index (χ0v) is 19.6. The maximum Gasteiger partial charge on any atom is 0.170 e. The molecule has 1 aromatic heterocycles. The van der Waals surface area contributed by atoms with Crippen LogP contribution in [0.5, 0.6) is 0 Å². The van der Waals surface area contributed by atoms with Crippen LogP contribution in [-0.2, 0) is 23.1 Å². The van der Waals surface area contributed by atoms with Crippen molar-refractivity contribution in [2.24, 2.45) is 0 Å². The van der Waals surface area contributed by atoms with Crippen molar-refractivity contribution in [3.05, 3.63) is 89.6 Å². The number of aromatic nitrogens is 1. The standard InChI is InChI=1S/C27H30N4OS/c33-26(29-20-27(13-16-32-17-14-27)23-8-2-1-3-9-23)30-24-10-11-25(28-18-24)31-15-12-21-6-4-5-7-22(21)19-31/h1-11,18H,12-17,19-20H2,(H2,29,30,33). The van der Waals surface area contributed by atoms with Crippen LogP contribution in [0.2, 0.25) is 0 Å². The molecule has 3 heterocycles. The van der Waals surface area contributed by atoms with Crippen LogP contribution in [0, 0.1) is 0 Å². The van der Waals surface area contributed by atoms with Gasteiger partial charge in [-0.15, -0.1) is 0 Å². The van der Waals surface area contributed by atoms with E-state index in [-0.39, 0.29) is 5.41 Å². The Labute approximate surface area is 201 Å². The highest BCUT2D eigenvalue weighted by Gasteiger charge is 2.34. The minimum absolute atomic E-state index is 0.0396. The number of rotatable bonds is 5. The Bertz CT molecular complexity index is 1080. The summed E-state index contributed by atoms with van der Waals surface area (Å²) in [7, 11) is 0. The molecule has 0 atom stereocenters. The lowest BCUT2D eigenvalue weighted by Crippen LogP contribution is -2.45. The first kappa shape index (κ1) is 21.9. The van der Waals surface area contributed by atoms with E-state index in [1.807, 2.05) is 6.20 Å². The molecule has 5 rings (SSSR count). The van der Waals surface area contributed by atoms with Gasteiger partial charge in [0.1, 0.15) is 5.82 Å². The Morgan fingerprint density at radius 3 is 2.48 bits per heavy atom. The van der Waals surface area contributed by atoms with E-state index in [1.165, 1.54) is 16.7 Å². The zero-order valence-electron chi connectivity index (χ0n) is 18.8. The molecule has 2 aliphatic rings. The second-order valence-corrected chi connectivity index (χ2v) is 9.32. The molecule has 0 amide bonds. The van der Waals surface area contributed by atoms with Crippen LogP contribution in [0.25, 0.3) is 0 Å². The second-order valence-electron chi connectivity index (χ2n) is 8.91. The van der Waals surface area contributed by atoms with Gasteiger partial charge in [0.15, 0.2) is 5.11 Å². The van der Waals surface area contributed by atoms with Crippen LogP contribution in [0.4, 0.5) is 11.5 Å². The fraction of sp³-hybridized carbons (Fsp3) is 0.333. The van der Waals surface area contributed by atoms with E-state index in [0.717, 1.165) is 63.6 Å². The summed E-state index contributed by atoms with van der Waals surface area (Å²) < 4.78 is 5.64. The Morgan fingerprint density at radius 1 is 0.970 bits per heavy atom. The number of fused-ring (bicyclic) bond motifs is 1. The monoisotopic (exact) mass is 458 g/mol. The SMILES string of the molecule is S=C(NCC1(c2ccccc2)CCOCC1)Nc1ccc(N2CCc3ccccc3C2)nc1. The quantitative estimate of drug-likeness (QED) is 0.542. The smallest absolute Gasteiger partial charge is 0.170 e. The third-order valence-electron chi connectivity index (χ3n) is 6.88. The molecule has 0 aliphatic carbocycles. The van der Waals surface area contributed by atoms with Crippen LogP contribution in [0.1, 0.15) is 29.5 Å². The van der Waals surface area contributed by atoms with Gasteiger partial charge in [-0.25, -0.2) is 4.98 Å². The van der Waals surface area contributed by atoms with E-state index in [0.29, 0.717) is 5.11 Å². The molecule has 0 radical (unpaired) electrons. The van der Waals surface area contributed by atoms with Crippen molar-refractivity contribution < 1.29 is 4.74 Å². The molecule has 0 spiro atoms. The summed E-state index contributed by atoms with van der Waals surface area (Å²) in [6, 6.07) is 23.5. The van der Waals surface area contributed by atoms with Gasteiger partial charge >= 0.3 is 0 Å². The van der Waals surface area contributed by atoms with Crippen LogP contribution in [-0.4, -0.2) is 36.4 Å². The average molecular weight is 459 g/mol. The van der Waals surface area contributed by atoms with Gasteiger partial charge < -0.3 is 20.3 Å². The fourth-order valence-corrected chi connectivity index (χ4v) is 5.07. The van der Waals surface area contributed by atoms with Gasteiger partial charge in [-0.1, -0.05) is 54.6 Å². The predicted octanol–water partition coefficient (Wildman–Crippen LogP) is 4.68. The molecule has 1 saturated heterocycles. The molecule has 33 heavy (non-hydrogen) atoms. The Morgan fingerprint density at radius 2 is 1.73 bits per heavy atom. The Hall–Kier alpha value is -2.96. The third kappa shape index (κ3) is 5.02. The summed E-state index contributed by atoms with van der Waals surface area (Å²) >= 11 is 5.61. The van der Waals surface area contributed by atoms with Crippen molar-refractivity contribution in [1.29, 1.82) is 0 Å². The lowest BCUT2D eigenvalue weighted by atomic mass is 9.74. The highest BCUT2D eigenvalue weighted by Crippen LogP contribution is 2.34. The molecule has 6 heteroatoms. The lowest BCUT2D eigenvalue weighted by Gasteiger charge is -2.38. The van der Waals surface area contributed by atoms with Gasteiger partial charge in [0.05, 0.1) is 11.9 Å². The molecule has 3 aromatic rings. The topological polar surface area (TPSA) is 49.4 Å². The molecule has 1 fully saturated rings. The summed E-state index contributed by atoms with van der Waals surface area (Å²) in [5.74, 6) is 0.999. The molecule has 0 saturated carbocycles. The number of hydrogen-bond acceptors (Lipinski definition) is 4. The minimum Gasteiger partial charge on any atom is -0.381 e. The number of ether oxygens (including phenoxy) is 1. The summed E-state index contributed by atoms with van der Waals surface area (Å²) in [5, 5.41) is 7.38. The predicted molar refractivity (Wildman–Crippen MR) is 138 cm³/mol. The number of hydrogen-bond donors (Lipinski definition) is 2. The van der Waals surface area contributed by atoms with Crippen molar-refractivity contribution in [2.75, 3.05) is 36.5 Å². The van der Waals surface area contributed by atoms with E-state index in [1.54, 1.807) is 0 Å². The molecule has 5 nitrogen and oxygen atoms in total. The number of nitrogens with zero attached hydrogens (tertiary/aromatic N) is 2. The number of pyridine rings is 1. The first-order valence-electron chi connectivity index (χ1n) is 11.7. The van der Waals surface area contributed by atoms with E-state index in [4.69, 9.17) is 21.9 Å². The number of anilines is 2. The number of nitrogens with one attached hydrogen (secondary N) is 2. The first-order chi connectivity index (χ1) is 16.2. The maximum absolute atomic E-state index is 5.64. The van der Waals surface area contributed by atoms with Gasteiger partial charge in [-0.3, -0.25) is 0 Å². The highest BCUT2D eigenvalue weighted by molar-refractivity contribution is 7.80.